The molecule has 6 nitrogen and oxygen atoms in total. The van der Waals surface area contributed by atoms with Gasteiger partial charge >= 0.3 is 0 Å². The van der Waals surface area contributed by atoms with Crippen LogP contribution in [0.4, 0.5) is 0 Å². The van der Waals surface area contributed by atoms with Crippen molar-refractivity contribution in [2.24, 2.45) is 7.05 Å². The third kappa shape index (κ3) is 3.19. The number of nitrogens with zero attached hydrogens (tertiary/aromatic N) is 4. The quantitative estimate of drug-likeness (QED) is 0.854. The molecular weight excluding hydrogens is 278 g/mol. The number of hydrogen-bond acceptors (Lipinski definition) is 3. The Labute approximate surface area is 122 Å². The first kappa shape index (κ1) is 14.6. The molecule has 0 aromatic carbocycles. The monoisotopic (exact) mass is 295 g/mol. The largest absolute Gasteiger partial charge is 0.352 e. The number of halogens is 1. The number of carbonyl (C=O) groups is 1. The van der Waals surface area contributed by atoms with Crippen molar-refractivity contribution in [1.29, 1.82) is 0 Å². The average Bonchev–Trinajstić information content (AvgIpc) is 2.95. The maximum Gasteiger partial charge on any atom is 0.254 e. The molecule has 2 aromatic rings. The molecule has 0 bridgehead atoms. The van der Waals surface area contributed by atoms with Crippen molar-refractivity contribution in [2.45, 2.75) is 26.8 Å². The van der Waals surface area contributed by atoms with Crippen LogP contribution in [0.1, 0.15) is 28.2 Å². The van der Waals surface area contributed by atoms with E-state index in [4.69, 9.17) is 11.6 Å². The van der Waals surface area contributed by atoms with Gasteiger partial charge in [0.15, 0.2) is 0 Å². The van der Waals surface area contributed by atoms with Gasteiger partial charge in [0, 0.05) is 26.3 Å². The molecule has 20 heavy (non-hydrogen) atoms. The SMILES string of the molecule is Cc1nn(CCCNC(=O)c2cnn(C)c2)c(C)c1Cl. The van der Waals surface area contributed by atoms with E-state index in [1.165, 1.54) is 0 Å². The van der Waals surface area contributed by atoms with Gasteiger partial charge in [-0.05, 0) is 20.3 Å². The zero-order chi connectivity index (χ0) is 14.7. The lowest BCUT2D eigenvalue weighted by atomic mass is 10.3. The summed E-state index contributed by atoms with van der Waals surface area (Å²) in [6.07, 6.45) is 4.04. The van der Waals surface area contributed by atoms with Crippen molar-refractivity contribution >= 4 is 17.5 Å². The average molecular weight is 296 g/mol. The molecular formula is C13H18ClN5O. The topological polar surface area (TPSA) is 64.7 Å². The summed E-state index contributed by atoms with van der Waals surface area (Å²) in [7, 11) is 1.78. The van der Waals surface area contributed by atoms with Crippen LogP contribution in [0.15, 0.2) is 12.4 Å². The van der Waals surface area contributed by atoms with E-state index in [0.29, 0.717) is 17.1 Å². The summed E-state index contributed by atoms with van der Waals surface area (Å²) in [5, 5.41) is 11.9. The van der Waals surface area contributed by atoms with E-state index in [9.17, 15) is 4.79 Å². The van der Waals surface area contributed by atoms with Gasteiger partial charge in [-0.25, -0.2) is 0 Å². The molecule has 1 amide bonds. The summed E-state index contributed by atoms with van der Waals surface area (Å²) in [6.45, 7) is 5.14. The van der Waals surface area contributed by atoms with Gasteiger partial charge in [-0.2, -0.15) is 10.2 Å². The minimum Gasteiger partial charge on any atom is -0.352 e. The van der Waals surface area contributed by atoms with Crippen molar-refractivity contribution in [3.05, 3.63) is 34.4 Å². The van der Waals surface area contributed by atoms with E-state index in [-0.39, 0.29) is 5.91 Å². The van der Waals surface area contributed by atoms with Crippen LogP contribution in [0.25, 0.3) is 0 Å². The second kappa shape index (κ2) is 6.09. The molecule has 0 saturated heterocycles. The van der Waals surface area contributed by atoms with Crippen LogP contribution < -0.4 is 5.32 Å². The Balaban J connectivity index is 1.79. The molecule has 0 radical (unpaired) electrons. The van der Waals surface area contributed by atoms with E-state index in [1.807, 2.05) is 18.5 Å². The first-order valence-electron chi connectivity index (χ1n) is 6.45. The lowest BCUT2D eigenvalue weighted by Crippen LogP contribution is -2.25. The minimum absolute atomic E-state index is 0.107. The molecule has 0 aliphatic heterocycles. The Morgan fingerprint density at radius 1 is 1.45 bits per heavy atom. The molecule has 2 aromatic heterocycles. The fraction of sp³-hybridized carbons (Fsp3) is 0.462. The fourth-order valence-corrected chi connectivity index (χ4v) is 2.10. The van der Waals surface area contributed by atoms with Crippen molar-refractivity contribution in [2.75, 3.05) is 6.54 Å². The maximum atomic E-state index is 11.8. The summed E-state index contributed by atoms with van der Waals surface area (Å²) in [4.78, 5) is 11.8. The number of aromatic nitrogens is 4. The highest BCUT2D eigenvalue weighted by molar-refractivity contribution is 6.31. The first-order chi connectivity index (χ1) is 9.49. The van der Waals surface area contributed by atoms with Crippen molar-refractivity contribution in [3.63, 3.8) is 0 Å². The van der Waals surface area contributed by atoms with Crippen molar-refractivity contribution in [1.82, 2.24) is 24.9 Å². The Bertz CT molecular complexity index is 616. The number of hydrogen-bond donors (Lipinski definition) is 1. The van der Waals surface area contributed by atoms with Crippen molar-refractivity contribution in [3.8, 4) is 0 Å². The van der Waals surface area contributed by atoms with Crippen LogP contribution in [0, 0.1) is 13.8 Å². The number of aryl methyl sites for hydroxylation is 3. The zero-order valence-corrected chi connectivity index (χ0v) is 12.6. The molecule has 7 heteroatoms. The van der Waals surface area contributed by atoms with Crippen LogP contribution in [0.3, 0.4) is 0 Å². The van der Waals surface area contributed by atoms with Gasteiger partial charge in [0.05, 0.1) is 28.2 Å². The first-order valence-corrected chi connectivity index (χ1v) is 6.83. The van der Waals surface area contributed by atoms with E-state index in [2.05, 4.69) is 15.5 Å². The van der Waals surface area contributed by atoms with Crippen molar-refractivity contribution < 1.29 is 4.79 Å². The van der Waals surface area contributed by atoms with Gasteiger partial charge < -0.3 is 5.32 Å². The van der Waals surface area contributed by atoms with Gasteiger partial charge in [-0.3, -0.25) is 14.2 Å². The molecule has 2 rings (SSSR count). The zero-order valence-electron chi connectivity index (χ0n) is 11.9. The molecule has 0 spiro atoms. The standard InChI is InChI=1S/C13H18ClN5O/c1-9-12(14)10(2)19(17-9)6-4-5-15-13(20)11-7-16-18(3)8-11/h7-8H,4-6H2,1-3H3,(H,15,20). The smallest absolute Gasteiger partial charge is 0.254 e. The second-order valence-electron chi connectivity index (χ2n) is 4.72. The van der Waals surface area contributed by atoms with Gasteiger partial charge in [-0.1, -0.05) is 11.6 Å². The fourth-order valence-electron chi connectivity index (χ4n) is 1.96. The molecule has 0 aliphatic carbocycles. The Kier molecular flexibility index (Phi) is 4.44. The van der Waals surface area contributed by atoms with E-state index in [1.54, 1.807) is 24.1 Å². The van der Waals surface area contributed by atoms with Gasteiger partial charge in [0.25, 0.3) is 5.91 Å². The predicted octanol–water partition coefficient (Wildman–Crippen LogP) is 1.71. The molecule has 0 fully saturated rings. The van der Waals surface area contributed by atoms with Crippen LogP contribution in [-0.4, -0.2) is 32.0 Å². The number of amides is 1. The van der Waals surface area contributed by atoms with E-state index in [0.717, 1.165) is 24.4 Å². The third-order valence-electron chi connectivity index (χ3n) is 3.09. The molecule has 108 valence electrons. The van der Waals surface area contributed by atoms with E-state index < -0.39 is 0 Å². The van der Waals surface area contributed by atoms with Crippen LogP contribution in [-0.2, 0) is 13.6 Å². The summed E-state index contributed by atoms with van der Waals surface area (Å²) >= 11 is 6.08. The lowest BCUT2D eigenvalue weighted by molar-refractivity contribution is 0.0952. The lowest BCUT2D eigenvalue weighted by Gasteiger charge is -2.05. The summed E-state index contributed by atoms with van der Waals surface area (Å²) in [5.41, 5.74) is 2.37. The maximum absolute atomic E-state index is 11.8. The molecule has 0 saturated carbocycles. The molecule has 0 atom stereocenters. The molecule has 0 unspecified atom stereocenters. The Morgan fingerprint density at radius 2 is 2.20 bits per heavy atom. The summed E-state index contributed by atoms with van der Waals surface area (Å²) < 4.78 is 3.47. The van der Waals surface area contributed by atoms with Crippen LogP contribution in [0.5, 0.6) is 0 Å². The van der Waals surface area contributed by atoms with Crippen LogP contribution >= 0.6 is 11.6 Å². The number of nitrogens with one attached hydrogen (secondary N) is 1. The number of rotatable bonds is 5. The van der Waals surface area contributed by atoms with Gasteiger partial charge in [0.1, 0.15) is 0 Å². The highest BCUT2D eigenvalue weighted by Crippen LogP contribution is 2.18. The normalized spacial score (nSPS) is 10.8. The summed E-state index contributed by atoms with van der Waals surface area (Å²) in [6, 6.07) is 0. The molecule has 2 heterocycles. The van der Waals surface area contributed by atoms with Gasteiger partial charge in [-0.15, -0.1) is 0 Å². The van der Waals surface area contributed by atoms with Gasteiger partial charge in [0.2, 0.25) is 0 Å². The van der Waals surface area contributed by atoms with Crippen LogP contribution in [0.2, 0.25) is 5.02 Å². The highest BCUT2D eigenvalue weighted by Gasteiger charge is 2.09. The molecule has 0 aliphatic rings. The Morgan fingerprint density at radius 3 is 2.75 bits per heavy atom. The summed E-state index contributed by atoms with van der Waals surface area (Å²) in [5.74, 6) is -0.107. The molecule has 1 N–H and O–H groups in total. The van der Waals surface area contributed by atoms with E-state index >= 15 is 0 Å². The second-order valence-corrected chi connectivity index (χ2v) is 5.10. The minimum atomic E-state index is -0.107. The third-order valence-corrected chi connectivity index (χ3v) is 3.64. The Hall–Kier alpha value is -1.82. The highest BCUT2D eigenvalue weighted by atomic mass is 35.5. The number of carbonyl (C=O) groups excluding carboxylic acids is 1. The predicted molar refractivity (Wildman–Crippen MR) is 76.9 cm³/mol.